The van der Waals surface area contributed by atoms with E-state index in [1.165, 1.54) is 0 Å². The van der Waals surface area contributed by atoms with Gasteiger partial charge in [-0.3, -0.25) is 0 Å². The van der Waals surface area contributed by atoms with E-state index in [1.54, 1.807) is 24.9 Å². The van der Waals surface area contributed by atoms with Crippen molar-refractivity contribution in [3.8, 4) is 11.4 Å². The number of carbonyl (C=O) groups is 1. The quantitative estimate of drug-likeness (QED) is 0.324. The first kappa shape index (κ1) is 25.2. The third kappa shape index (κ3) is 5.46. The number of nitrogens with two attached hydrogens (primary N) is 1. The number of ether oxygens (including phenoxy) is 1. The van der Waals surface area contributed by atoms with Gasteiger partial charge in [0, 0.05) is 19.1 Å². The minimum atomic E-state index is -0.434. The number of fused-ring (bicyclic) bond motifs is 2. The fourth-order valence-electron chi connectivity index (χ4n) is 4.47. The number of nitrogen functional groups attached to an aromatic ring is 1. The summed E-state index contributed by atoms with van der Waals surface area (Å²) >= 11 is 0. The molecule has 1 amide bonds. The van der Waals surface area contributed by atoms with Crippen molar-refractivity contribution in [3.05, 3.63) is 53.6 Å². The number of aryl methyl sites for hydroxylation is 1. The molecule has 11 nitrogen and oxygen atoms in total. The SMILES string of the molecule is CC(C)n1cnc2c1=CC(CNC(=O)OCCCCn1cnc3c(N)nc(-c4ccoc4)nc31)=C[C@@H](C)C=2. The van der Waals surface area contributed by atoms with Crippen LogP contribution in [0.2, 0.25) is 0 Å². The number of anilines is 1. The third-order valence-corrected chi connectivity index (χ3v) is 6.37. The van der Waals surface area contributed by atoms with Gasteiger partial charge in [0.25, 0.3) is 0 Å². The first-order valence-corrected chi connectivity index (χ1v) is 12.8. The van der Waals surface area contributed by atoms with E-state index >= 15 is 0 Å². The molecular weight excluding hydrogens is 484 g/mol. The number of nitrogens with one attached hydrogen (secondary N) is 1. The first-order chi connectivity index (χ1) is 18.4. The number of unbranched alkanes of at least 4 members (excludes halogenated alkanes) is 1. The van der Waals surface area contributed by atoms with Gasteiger partial charge in [0.15, 0.2) is 17.3 Å². The molecule has 0 saturated heterocycles. The summed E-state index contributed by atoms with van der Waals surface area (Å²) in [5.74, 6) is 1.03. The summed E-state index contributed by atoms with van der Waals surface area (Å²) in [6.07, 6.45) is 14.1. The summed E-state index contributed by atoms with van der Waals surface area (Å²) in [4.78, 5) is 30.1. The van der Waals surface area contributed by atoms with E-state index in [-0.39, 0.29) is 5.92 Å². The number of hydrogen-bond donors (Lipinski definition) is 2. The molecule has 1 aliphatic rings. The first-order valence-electron chi connectivity index (χ1n) is 12.8. The molecule has 0 saturated carbocycles. The van der Waals surface area contributed by atoms with Crippen molar-refractivity contribution >= 4 is 35.2 Å². The van der Waals surface area contributed by atoms with Crippen molar-refractivity contribution in [3.63, 3.8) is 0 Å². The molecule has 198 valence electrons. The van der Waals surface area contributed by atoms with Crippen LogP contribution < -0.4 is 21.7 Å². The maximum Gasteiger partial charge on any atom is 0.407 e. The van der Waals surface area contributed by atoms with E-state index in [9.17, 15) is 4.79 Å². The topological polar surface area (TPSA) is 139 Å². The summed E-state index contributed by atoms with van der Waals surface area (Å²) in [5, 5.41) is 4.90. The molecule has 11 heteroatoms. The van der Waals surface area contributed by atoms with Crippen LogP contribution in [0.15, 0.2) is 47.3 Å². The molecular formula is C27H32N8O3. The van der Waals surface area contributed by atoms with Gasteiger partial charge in [0.1, 0.15) is 11.8 Å². The number of rotatable bonds is 9. The second-order valence-corrected chi connectivity index (χ2v) is 9.68. The fraction of sp³-hybridized carbons (Fsp3) is 0.370. The second kappa shape index (κ2) is 10.9. The second-order valence-electron chi connectivity index (χ2n) is 9.68. The van der Waals surface area contributed by atoms with E-state index in [4.69, 9.17) is 14.9 Å². The minimum Gasteiger partial charge on any atom is -0.472 e. The third-order valence-electron chi connectivity index (χ3n) is 6.37. The standard InChI is InChI=1S/C27H32N8O3/c1-17(2)35-16-30-21-11-18(3)10-19(12-22(21)35)13-29-27(36)38-8-5-4-7-34-15-31-23-24(28)32-25(33-26(23)34)20-6-9-37-14-20/h6,9-12,14-18H,4-5,7-8,13H2,1-3H3,(H,29,36)(H2,28,32,33)/t18-/m1/s1. The molecule has 0 unspecified atom stereocenters. The highest BCUT2D eigenvalue weighted by molar-refractivity contribution is 5.83. The smallest absolute Gasteiger partial charge is 0.407 e. The summed E-state index contributed by atoms with van der Waals surface area (Å²) in [5.41, 5.74) is 9.09. The molecule has 0 aromatic carbocycles. The Morgan fingerprint density at radius 3 is 2.87 bits per heavy atom. The van der Waals surface area contributed by atoms with Crippen molar-refractivity contribution in [2.24, 2.45) is 5.92 Å². The van der Waals surface area contributed by atoms with Gasteiger partial charge in [-0.05, 0) is 56.4 Å². The van der Waals surface area contributed by atoms with Crippen molar-refractivity contribution in [2.75, 3.05) is 18.9 Å². The van der Waals surface area contributed by atoms with Crippen LogP contribution in [0.3, 0.4) is 0 Å². The maximum absolute atomic E-state index is 12.3. The average molecular weight is 517 g/mol. The molecule has 4 aromatic heterocycles. The molecule has 1 aliphatic carbocycles. The molecule has 4 aromatic rings. The van der Waals surface area contributed by atoms with Crippen LogP contribution in [0.5, 0.6) is 0 Å². The molecule has 0 aliphatic heterocycles. The highest BCUT2D eigenvalue weighted by atomic mass is 16.5. The zero-order valence-corrected chi connectivity index (χ0v) is 21.8. The Bertz CT molecular complexity index is 1580. The Kier molecular flexibility index (Phi) is 7.25. The number of carbonyl (C=O) groups excluding carboxylic acids is 1. The number of alkyl carbamates (subject to hydrolysis) is 1. The average Bonchev–Trinajstić information content (AvgIpc) is 3.62. The van der Waals surface area contributed by atoms with Gasteiger partial charge in [0.05, 0.1) is 41.8 Å². The largest absolute Gasteiger partial charge is 0.472 e. The number of aromatic nitrogens is 6. The van der Waals surface area contributed by atoms with Gasteiger partial charge < -0.3 is 29.3 Å². The van der Waals surface area contributed by atoms with Crippen LogP contribution >= 0.6 is 0 Å². The van der Waals surface area contributed by atoms with Crippen molar-refractivity contribution in [2.45, 2.75) is 46.2 Å². The zero-order valence-electron chi connectivity index (χ0n) is 21.8. The molecule has 1 atom stereocenters. The number of hydrogen-bond acceptors (Lipinski definition) is 8. The van der Waals surface area contributed by atoms with E-state index in [1.807, 2.05) is 10.9 Å². The normalized spacial score (nSPS) is 14.9. The lowest BCUT2D eigenvalue weighted by Crippen LogP contribution is -2.32. The Labute approximate surface area is 219 Å². The van der Waals surface area contributed by atoms with Crippen LogP contribution in [0.1, 0.15) is 39.7 Å². The highest BCUT2D eigenvalue weighted by Crippen LogP contribution is 2.22. The van der Waals surface area contributed by atoms with Gasteiger partial charge in [-0.25, -0.2) is 24.7 Å². The number of amides is 1. The lowest BCUT2D eigenvalue weighted by Gasteiger charge is -2.10. The highest BCUT2D eigenvalue weighted by Gasteiger charge is 2.14. The summed E-state index contributed by atoms with van der Waals surface area (Å²) < 4.78 is 14.6. The van der Waals surface area contributed by atoms with Crippen LogP contribution in [-0.2, 0) is 11.3 Å². The van der Waals surface area contributed by atoms with Crippen LogP contribution in [0.25, 0.3) is 34.7 Å². The zero-order chi connectivity index (χ0) is 26.6. The van der Waals surface area contributed by atoms with Gasteiger partial charge in [0.2, 0.25) is 0 Å². The van der Waals surface area contributed by atoms with E-state index in [2.05, 4.69) is 68.8 Å². The molecule has 0 spiro atoms. The molecule has 0 radical (unpaired) electrons. The summed E-state index contributed by atoms with van der Waals surface area (Å²) in [6, 6.07) is 2.08. The summed E-state index contributed by atoms with van der Waals surface area (Å²) in [6.45, 7) is 7.72. The van der Waals surface area contributed by atoms with Gasteiger partial charge in [-0.15, -0.1) is 0 Å². The van der Waals surface area contributed by atoms with Crippen LogP contribution in [0, 0.1) is 5.92 Å². The van der Waals surface area contributed by atoms with Crippen molar-refractivity contribution in [1.29, 1.82) is 0 Å². The Hall–Kier alpha value is -4.41. The Morgan fingerprint density at radius 2 is 2.08 bits per heavy atom. The minimum absolute atomic E-state index is 0.214. The molecule has 4 heterocycles. The van der Waals surface area contributed by atoms with E-state index < -0.39 is 6.09 Å². The van der Waals surface area contributed by atoms with Crippen LogP contribution in [-0.4, -0.2) is 48.3 Å². The van der Waals surface area contributed by atoms with Gasteiger partial charge in [-0.2, -0.15) is 0 Å². The predicted octanol–water partition coefficient (Wildman–Crippen LogP) is 2.79. The Morgan fingerprint density at radius 1 is 1.21 bits per heavy atom. The lowest BCUT2D eigenvalue weighted by atomic mass is 10.1. The van der Waals surface area contributed by atoms with Crippen molar-refractivity contribution in [1.82, 2.24) is 34.4 Å². The fourth-order valence-corrected chi connectivity index (χ4v) is 4.47. The number of allylic oxidation sites excluding steroid dienone is 1. The lowest BCUT2D eigenvalue weighted by molar-refractivity contribution is 0.144. The van der Waals surface area contributed by atoms with Gasteiger partial charge in [-0.1, -0.05) is 13.0 Å². The number of imidazole rings is 2. The molecule has 38 heavy (non-hydrogen) atoms. The summed E-state index contributed by atoms with van der Waals surface area (Å²) in [7, 11) is 0. The van der Waals surface area contributed by atoms with Crippen LogP contribution in [0.4, 0.5) is 10.6 Å². The molecule has 0 fully saturated rings. The van der Waals surface area contributed by atoms with E-state index in [0.29, 0.717) is 55.0 Å². The monoisotopic (exact) mass is 516 g/mol. The molecule has 5 rings (SSSR count). The molecule has 0 bridgehead atoms. The maximum atomic E-state index is 12.3. The number of nitrogens with zero attached hydrogens (tertiary/aromatic N) is 6. The Balaban J connectivity index is 1.11. The van der Waals surface area contributed by atoms with Gasteiger partial charge >= 0.3 is 6.09 Å². The molecule has 3 N–H and O–H groups in total. The van der Waals surface area contributed by atoms with Crippen molar-refractivity contribution < 1.29 is 13.9 Å². The number of furan rings is 1. The predicted molar refractivity (Wildman–Crippen MR) is 144 cm³/mol. The van der Waals surface area contributed by atoms with E-state index in [0.717, 1.165) is 28.3 Å².